The van der Waals surface area contributed by atoms with E-state index in [2.05, 4.69) is 10.1 Å². The van der Waals surface area contributed by atoms with Gasteiger partial charge in [-0.05, 0) is 25.5 Å². The van der Waals surface area contributed by atoms with E-state index < -0.39 is 18.6 Å². The molecular formula is C11H15ClF2N2O2. The number of aryl methyl sites for hydroxylation is 1. The Morgan fingerprint density at radius 3 is 2.56 bits per heavy atom. The number of hydrogen-bond donors (Lipinski definition) is 2. The number of carbonyl (C=O) groups is 1. The number of halogens is 3. The van der Waals surface area contributed by atoms with Gasteiger partial charge >= 0.3 is 6.61 Å². The number of para-hydroxylation sites is 1. The molecule has 18 heavy (non-hydrogen) atoms. The number of anilines is 1. The van der Waals surface area contributed by atoms with Gasteiger partial charge in [-0.25, -0.2) is 0 Å². The van der Waals surface area contributed by atoms with Crippen LogP contribution in [0.2, 0.25) is 0 Å². The molecule has 0 saturated heterocycles. The van der Waals surface area contributed by atoms with Crippen molar-refractivity contribution in [3.63, 3.8) is 0 Å². The van der Waals surface area contributed by atoms with E-state index in [0.29, 0.717) is 5.56 Å². The summed E-state index contributed by atoms with van der Waals surface area (Å²) >= 11 is 0. The van der Waals surface area contributed by atoms with Gasteiger partial charge in [-0.15, -0.1) is 12.4 Å². The Balaban J connectivity index is 0.00000289. The highest BCUT2D eigenvalue weighted by Gasteiger charge is 2.15. The summed E-state index contributed by atoms with van der Waals surface area (Å²) < 4.78 is 28.7. The molecule has 1 aromatic rings. The quantitative estimate of drug-likeness (QED) is 0.889. The second kappa shape index (κ2) is 7.13. The van der Waals surface area contributed by atoms with Gasteiger partial charge in [0, 0.05) is 0 Å². The lowest BCUT2D eigenvalue weighted by molar-refractivity contribution is -0.117. The molecule has 0 saturated carbocycles. The molecule has 4 nitrogen and oxygen atoms in total. The largest absolute Gasteiger partial charge is 0.433 e. The Labute approximate surface area is 110 Å². The van der Waals surface area contributed by atoms with Gasteiger partial charge in [0.1, 0.15) is 5.75 Å². The smallest absolute Gasteiger partial charge is 0.387 e. The minimum Gasteiger partial charge on any atom is -0.433 e. The summed E-state index contributed by atoms with van der Waals surface area (Å²) in [5.74, 6) is -0.535. The Morgan fingerprint density at radius 2 is 2.06 bits per heavy atom. The van der Waals surface area contributed by atoms with Gasteiger partial charge in [0.05, 0.1) is 11.7 Å². The van der Waals surface area contributed by atoms with Crippen molar-refractivity contribution in [3.8, 4) is 5.75 Å². The van der Waals surface area contributed by atoms with E-state index >= 15 is 0 Å². The maximum absolute atomic E-state index is 12.2. The van der Waals surface area contributed by atoms with Gasteiger partial charge in [-0.3, -0.25) is 4.79 Å². The molecule has 0 fully saturated rings. The van der Waals surface area contributed by atoms with E-state index in [1.165, 1.54) is 13.0 Å². The summed E-state index contributed by atoms with van der Waals surface area (Å²) in [5.41, 5.74) is 6.22. The van der Waals surface area contributed by atoms with Gasteiger partial charge in [0.2, 0.25) is 5.91 Å². The van der Waals surface area contributed by atoms with Crippen molar-refractivity contribution in [1.29, 1.82) is 0 Å². The van der Waals surface area contributed by atoms with Crippen LogP contribution in [0.3, 0.4) is 0 Å². The molecule has 1 amide bonds. The molecule has 0 aliphatic rings. The third-order valence-corrected chi connectivity index (χ3v) is 2.11. The van der Waals surface area contributed by atoms with Crippen LogP contribution < -0.4 is 15.8 Å². The van der Waals surface area contributed by atoms with E-state index in [-0.39, 0.29) is 23.8 Å². The van der Waals surface area contributed by atoms with Crippen molar-refractivity contribution >= 4 is 24.0 Å². The molecule has 0 unspecified atom stereocenters. The van der Waals surface area contributed by atoms with Crippen LogP contribution in [-0.2, 0) is 4.79 Å². The van der Waals surface area contributed by atoms with Crippen LogP contribution in [0.4, 0.5) is 14.5 Å². The van der Waals surface area contributed by atoms with E-state index in [9.17, 15) is 13.6 Å². The first-order valence-electron chi connectivity index (χ1n) is 5.02. The van der Waals surface area contributed by atoms with Crippen LogP contribution in [-0.4, -0.2) is 18.6 Å². The van der Waals surface area contributed by atoms with Crippen molar-refractivity contribution in [1.82, 2.24) is 0 Å². The third kappa shape index (κ3) is 4.46. The van der Waals surface area contributed by atoms with Gasteiger partial charge in [-0.1, -0.05) is 12.1 Å². The molecule has 0 heterocycles. The lowest BCUT2D eigenvalue weighted by Crippen LogP contribution is -2.32. The fourth-order valence-electron chi connectivity index (χ4n) is 1.23. The SMILES string of the molecule is Cc1cccc(OC(F)F)c1NC(=O)[C@H](C)N.Cl. The highest BCUT2D eigenvalue weighted by Crippen LogP contribution is 2.29. The predicted molar refractivity (Wildman–Crippen MR) is 67.3 cm³/mol. The average molecular weight is 281 g/mol. The van der Waals surface area contributed by atoms with Crippen LogP contribution in [0.5, 0.6) is 5.75 Å². The Bertz CT molecular complexity index is 414. The van der Waals surface area contributed by atoms with E-state index in [4.69, 9.17) is 5.73 Å². The molecule has 1 rings (SSSR count). The topological polar surface area (TPSA) is 64.3 Å². The zero-order valence-corrected chi connectivity index (χ0v) is 10.8. The maximum atomic E-state index is 12.2. The molecule has 0 aliphatic carbocycles. The highest BCUT2D eigenvalue weighted by atomic mass is 35.5. The predicted octanol–water partition coefficient (Wildman–Crippen LogP) is 2.30. The normalized spacial score (nSPS) is 11.7. The zero-order valence-electron chi connectivity index (χ0n) is 9.94. The molecule has 7 heteroatoms. The Morgan fingerprint density at radius 1 is 1.44 bits per heavy atom. The minimum absolute atomic E-state index is 0. The first kappa shape index (κ1) is 16.6. The van der Waals surface area contributed by atoms with Crippen molar-refractivity contribution in [2.75, 3.05) is 5.32 Å². The molecule has 3 N–H and O–H groups in total. The first-order chi connectivity index (χ1) is 7.91. The minimum atomic E-state index is -2.94. The van der Waals surface area contributed by atoms with E-state index in [0.717, 1.165) is 0 Å². The van der Waals surface area contributed by atoms with Gasteiger partial charge in [0.15, 0.2) is 0 Å². The molecule has 0 aliphatic heterocycles. The summed E-state index contributed by atoms with van der Waals surface area (Å²) in [6.07, 6.45) is 0. The van der Waals surface area contributed by atoms with Crippen molar-refractivity contribution in [2.24, 2.45) is 5.73 Å². The summed E-state index contributed by atoms with van der Waals surface area (Å²) in [6, 6.07) is 3.87. The third-order valence-electron chi connectivity index (χ3n) is 2.11. The van der Waals surface area contributed by atoms with E-state index in [1.807, 2.05) is 0 Å². The molecule has 0 radical (unpaired) electrons. The molecule has 0 aromatic heterocycles. The summed E-state index contributed by atoms with van der Waals surface area (Å²) in [5, 5.41) is 2.46. The lowest BCUT2D eigenvalue weighted by Gasteiger charge is -2.15. The van der Waals surface area contributed by atoms with Crippen LogP contribution in [0.25, 0.3) is 0 Å². The Kier molecular flexibility index (Phi) is 6.57. The average Bonchev–Trinajstić information content (AvgIpc) is 2.22. The van der Waals surface area contributed by atoms with Crippen LogP contribution >= 0.6 is 12.4 Å². The van der Waals surface area contributed by atoms with Gasteiger partial charge in [-0.2, -0.15) is 8.78 Å². The van der Waals surface area contributed by atoms with Gasteiger partial charge in [0.25, 0.3) is 0 Å². The summed E-state index contributed by atoms with van der Waals surface area (Å²) in [6.45, 7) is 0.235. The lowest BCUT2D eigenvalue weighted by atomic mass is 10.1. The van der Waals surface area contributed by atoms with Crippen molar-refractivity contribution in [3.05, 3.63) is 23.8 Å². The van der Waals surface area contributed by atoms with Crippen LogP contribution in [0.15, 0.2) is 18.2 Å². The van der Waals surface area contributed by atoms with Crippen LogP contribution in [0.1, 0.15) is 12.5 Å². The first-order valence-corrected chi connectivity index (χ1v) is 5.02. The number of rotatable bonds is 4. The molecular weight excluding hydrogens is 266 g/mol. The van der Waals surface area contributed by atoms with Crippen molar-refractivity contribution in [2.45, 2.75) is 26.5 Å². The second-order valence-electron chi connectivity index (χ2n) is 3.60. The number of benzene rings is 1. The highest BCUT2D eigenvalue weighted by molar-refractivity contribution is 5.96. The van der Waals surface area contributed by atoms with E-state index in [1.54, 1.807) is 19.1 Å². The summed E-state index contributed by atoms with van der Waals surface area (Å²) in [7, 11) is 0. The molecule has 1 atom stereocenters. The number of nitrogens with two attached hydrogens (primary N) is 1. The number of ether oxygens (including phenoxy) is 1. The molecule has 1 aromatic carbocycles. The van der Waals surface area contributed by atoms with Crippen LogP contribution in [0, 0.1) is 6.92 Å². The summed E-state index contributed by atoms with van der Waals surface area (Å²) in [4.78, 5) is 11.4. The molecule has 0 spiro atoms. The maximum Gasteiger partial charge on any atom is 0.387 e. The Hall–Kier alpha value is -1.40. The van der Waals surface area contributed by atoms with Crippen molar-refractivity contribution < 1.29 is 18.3 Å². The number of amides is 1. The number of alkyl halides is 2. The monoisotopic (exact) mass is 280 g/mol. The number of carbonyl (C=O) groups excluding carboxylic acids is 1. The van der Waals surface area contributed by atoms with Gasteiger partial charge < -0.3 is 15.8 Å². The number of nitrogens with one attached hydrogen (secondary N) is 1. The second-order valence-corrected chi connectivity index (χ2v) is 3.60. The molecule has 102 valence electrons. The zero-order chi connectivity index (χ0) is 13.0. The molecule has 0 bridgehead atoms. The fraction of sp³-hybridized carbons (Fsp3) is 0.364. The standard InChI is InChI=1S/C11H14F2N2O2.ClH/c1-6-4-3-5-8(17-11(12)13)9(6)15-10(16)7(2)14;/h3-5,7,11H,14H2,1-2H3,(H,15,16);1H/t7-;/m0./s1. The fourth-order valence-corrected chi connectivity index (χ4v) is 1.23. The number of hydrogen-bond acceptors (Lipinski definition) is 3.